The predicted molar refractivity (Wildman–Crippen MR) is 90.1 cm³/mol. The molecule has 0 saturated carbocycles. The number of thioether (sulfide) groups is 1. The SMILES string of the molecule is Cc1cc(OCCCCN2CCSC2)nc2ccccc12. The smallest absolute Gasteiger partial charge is 0.214 e. The molecule has 0 bridgehead atoms. The van der Waals surface area contributed by atoms with Crippen LogP contribution in [-0.2, 0) is 0 Å². The van der Waals surface area contributed by atoms with E-state index in [2.05, 4.69) is 22.9 Å². The Morgan fingerprint density at radius 3 is 3.05 bits per heavy atom. The van der Waals surface area contributed by atoms with E-state index in [9.17, 15) is 0 Å². The minimum Gasteiger partial charge on any atom is -0.478 e. The number of aromatic nitrogens is 1. The Labute approximate surface area is 130 Å². The number of hydrogen-bond donors (Lipinski definition) is 0. The second-order valence-electron chi connectivity index (χ2n) is 5.51. The van der Waals surface area contributed by atoms with Crippen LogP contribution in [0.3, 0.4) is 0 Å². The summed E-state index contributed by atoms with van der Waals surface area (Å²) in [5.41, 5.74) is 2.24. The molecule has 0 atom stereocenters. The molecule has 0 spiro atoms. The van der Waals surface area contributed by atoms with Gasteiger partial charge in [0.15, 0.2) is 0 Å². The Bertz CT molecular complexity index is 596. The molecule has 112 valence electrons. The van der Waals surface area contributed by atoms with E-state index in [4.69, 9.17) is 4.74 Å². The molecular formula is C17H22N2OS. The summed E-state index contributed by atoms with van der Waals surface area (Å²) in [5.74, 6) is 3.24. The van der Waals surface area contributed by atoms with Crippen molar-refractivity contribution in [3.63, 3.8) is 0 Å². The first kappa shape index (κ1) is 14.7. The zero-order chi connectivity index (χ0) is 14.5. The Hall–Kier alpha value is -1.26. The van der Waals surface area contributed by atoms with Crippen molar-refractivity contribution in [2.75, 3.05) is 31.3 Å². The van der Waals surface area contributed by atoms with Crippen molar-refractivity contribution in [3.05, 3.63) is 35.9 Å². The summed E-state index contributed by atoms with van der Waals surface area (Å²) >= 11 is 2.03. The van der Waals surface area contributed by atoms with Gasteiger partial charge in [0.2, 0.25) is 5.88 Å². The summed E-state index contributed by atoms with van der Waals surface area (Å²) in [7, 11) is 0. The van der Waals surface area contributed by atoms with Crippen molar-refractivity contribution >= 4 is 22.7 Å². The first-order valence-corrected chi connectivity index (χ1v) is 8.78. The largest absolute Gasteiger partial charge is 0.478 e. The lowest BCUT2D eigenvalue weighted by molar-refractivity contribution is 0.277. The highest BCUT2D eigenvalue weighted by Gasteiger charge is 2.10. The molecule has 1 aliphatic rings. The van der Waals surface area contributed by atoms with E-state index in [1.807, 2.05) is 36.0 Å². The number of para-hydroxylation sites is 1. The maximum absolute atomic E-state index is 5.82. The van der Waals surface area contributed by atoms with Gasteiger partial charge in [-0.3, -0.25) is 4.90 Å². The quantitative estimate of drug-likeness (QED) is 0.760. The summed E-state index contributed by atoms with van der Waals surface area (Å²) in [4.78, 5) is 7.09. The van der Waals surface area contributed by atoms with Crippen molar-refractivity contribution < 1.29 is 4.74 Å². The van der Waals surface area contributed by atoms with E-state index in [0.717, 1.165) is 24.4 Å². The lowest BCUT2D eigenvalue weighted by Crippen LogP contribution is -2.21. The molecule has 0 unspecified atom stereocenters. The number of nitrogens with zero attached hydrogens (tertiary/aromatic N) is 2. The van der Waals surface area contributed by atoms with Gasteiger partial charge in [0.25, 0.3) is 0 Å². The van der Waals surface area contributed by atoms with Gasteiger partial charge in [-0.2, -0.15) is 0 Å². The van der Waals surface area contributed by atoms with Gasteiger partial charge in [0.1, 0.15) is 0 Å². The number of aryl methyl sites for hydroxylation is 1. The van der Waals surface area contributed by atoms with Crippen LogP contribution in [0.15, 0.2) is 30.3 Å². The third kappa shape index (κ3) is 3.89. The summed E-state index contributed by atoms with van der Waals surface area (Å²) < 4.78 is 5.82. The minimum atomic E-state index is 0.753. The number of benzene rings is 1. The van der Waals surface area contributed by atoms with Crippen LogP contribution in [0.4, 0.5) is 0 Å². The molecule has 4 heteroatoms. The zero-order valence-corrected chi connectivity index (χ0v) is 13.4. The predicted octanol–water partition coefficient (Wildman–Crippen LogP) is 3.71. The molecule has 0 aliphatic carbocycles. The summed E-state index contributed by atoms with van der Waals surface area (Å²) in [6.07, 6.45) is 2.29. The molecule has 2 heterocycles. The number of hydrogen-bond acceptors (Lipinski definition) is 4. The molecule has 1 aromatic carbocycles. The van der Waals surface area contributed by atoms with Crippen molar-refractivity contribution in [1.29, 1.82) is 0 Å². The molecule has 2 aromatic rings. The zero-order valence-electron chi connectivity index (χ0n) is 12.5. The maximum Gasteiger partial charge on any atom is 0.214 e. The molecule has 0 amide bonds. The lowest BCUT2D eigenvalue weighted by atomic mass is 10.1. The topological polar surface area (TPSA) is 25.4 Å². The fourth-order valence-electron chi connectivity index (χ4n) is 2.63. The Kier molecular flexibility index (Phi) is 4.99. The second kappa shape index (κ2) is 7.14. The molecule has 0 N–H and O–H groups in total. The number of ether oxygens (including phenoxy) is 1. The molecule has 1 fully saturated rings. The van der Waals surface area contributed by atoms with Crippen molar-refractivity contribution in [3.8, 4) is 5.88 Å². The molecule has 3 rings (SSSR count). The van der Waals surface area contributed by atoms with Crippen molar-refractivity contribution in [2.24, 2.45) is 0 Å². The number of unbranched alkanes of at least 4 members (excludes halogenated alkanes) is 1. The van der Waals surface area contributed by atoms with E-state index in [-0.39, 0.29) is 0 Å². The summed E-state index contributed by atoms with van der Waals surface area (Å²) in [6, 6.07) is 10.3. The van der Waals surface area contributed by atoms with Gasteiger partial charge in [0.05, 0.1) is 12.1 Å². The van der Waals surface area contributed by atoms with E-state index >= 15 is 0 Å². The van der Waals surface area contributed by atoms with Gasteiger partial charge >= 0.3 is 0 Å². The van der Waals surface area contributed by atoms with Crippen LogP contribution in [-0.4, -0.2) is 41.2 Å². The van der Waals surface area contributed by atoms with Crippen LogP contribution in [0, 0.1) is 6.92 Å². The summed E-state index contributed by atoms with van der Waals surface area (Å²) in [6.45, 7) is 5.31. The number of rotatable bonds is 6. The van der Waals surface area contributed by atoms with Crippen LogP contribution in [0.25, 0.3) is 10.9 Å². The third-order valence-electron chi connectivity index (χ3n) is 3.84. The highest BCUT2D eigenvalue weighted by Crippen LogP contribution is 2.21. The van der Waals surface area contributed by atoms with Crippen LogP contribution in [0.1, 0.15) is 18.4 Å². The van der Waals surface area contributed by atoms with Gasteiger partial charge in [-0.25, -0.2) is 4.98 Å². The van der Waals surface area contributed by atoms with Crippen molar-refractivity contribution in [2.45, 2.75) is 19.8 Å². The molecule has 3 nitrogen and oxygen atoms in total. The van der Waals surface area contributed by atoms with Crippen molar-refractivity contribution in [1.82, 2.24) is 9.88 Å². The minimum absolute atomic E-state index is 0.753. The van der Waals surface area contributed by atoms with E-state index in [0.29, 0.717) is 0 Å². The van der Waals surface area contributed by atoms with Gasteiger partial charge in [-0.05, 0) is 37.9 Å². The normalized spacial score (nSPS) is 15.7. The molecule has 0 radical (unpaired) electrons. The number of fused-ring (bicyclic) bond motifs is 1. The second-order valence-corrected chi connectivity index (χ2v) is 6.58. The van der Waals surface area contributed by atoms with Gasteiger partial charge < -0.3 is 4.74 Å². The highest BCUT2D eigenvalue weighted by atomic mass is 32.2. The van der Waals surface area contributed by atoms with E-state index in [1.165, 1.54) is 42.1 Å². The Morgan fingerprint density at radius 2 is 2.19 bits per heavy atom. The molecule has 21 heavy (non-hydrogen) atoms. The van der Waals surface area contributed by atoms with Crippen LogP contribution in [0.2, 0.25) is 0 Å². The van der Waals surface area contributed by atoms with Gasteiger partial charge in [-0.15, -0.1) is 11.8 Å². The van der Waals surface area contributed by atoms with E-state index in [1.54, 1.807) is 0 Å². The Balaban J connectivity index is 1.48. The molecule has 1 aromatic heterocycles. The Morgan fingerprint density at radius 1 is 1.29 bits per heavy atom. The standard InChI is InChI=1S/C17H22N2OS/c1-14-12-17(18-16-7-3-2-6-15(14)16)20-10-5-4-8-19-9-11-21-13-19/h2-3,6-7,12H,4-5,8-11,13H2,1H3. The highest BCUT2D eigenvalue weighted by molar-refractivity contribution is 7.99. The van der Waals surface area contributed by atoms with Gasteiger partial charge in [0, 0.05) is 29.6 Å². The average molecular weight is 302 g/mol. The van der Waals surface area contributed by atoms with E-state index < -0.39 is 0 Å². The fraction of sp³-hybridized carbons (Fsp3) is 0.471. The monoisotopic (exact) mass is 302 g/mol. The lowest BCUT2D eigenvalue weighted by Gasteiger charge is -2.13. The summed E-state index contributed by atoms with van der Waals surface area (Å²) in [5, 5.41) is 1.20. The van der Waals surface area contributed by atoms with Gasteiger partial charge in [-0.1, -0.05) is 18.2 Å². The first-order valence-electron chi connectivity index (χ1n) is 7.62. The molecule has 1 saturated heterocycles. The average Bonchev–Trinajstić information content (AvgIpc) is 3.00. The van der Waals surface area contributed by atoms with Crippen LogP contribution < -0.4 is 4.74 Å². The first-order chi connectivity index (χ1) is 10.3. The van der Waals surface area contributed by atoms with Crippen LogP contribution in [0.5, 0.6) is 5.88 Å². The molecular weight excluding hydrogens is 280 g/mol. The third-order valence-corrected chi connectivity index (χ3v) is 4.86. The number of pyridine rings is 1. The molecule has 1 aliphatic heterocycles. The fourth-order valence-corrected chi connectivity index (χ4v) is 3.67. The van der Waals surface area contributed by atoms with Crippen LogP contribution >= 0.6 is 11.8 Å². The maximum atomic E-state index is 5.82.